The van der Waals surface area contributed by atoms with E-state index in [-0.39, 0.29) is 11.7 Å². The molecule has 0 spiro atoms. The molecule has 0 heterocycles. The fourth-order valence-electron chi connectivity index (χ4n) is 1.47. The Kier molecular flexibility index (Phi) is 7.06. The summed E-state index contributed by atoms with van der Waals surface area (Å²) in [4.78, 5) is 12.8. The Morgan fingerprint density at radius 3 is 2.50 bits per heavy atom. The van der Waals surface area contributed by atoms with Gasteiger partial charge in [-0.1, -0.05) is 0 Å². The van der Waals surface area contributed by atoms with Crippen LogP contribution in [-0.4, -0.2) is 44.7 Å². The highest BCUT2D eigenvalue weighted by molar-refractivity contribution is 7.80. The third-order valence-corrected chi connectivity index (χ3v) is 2.92. The number of thiocarbonyl (C=S) groups is 1. The Balaban J connectivity index is 2.41. The molecule has 0 bridgehead atoms. The molecule has 1 amide bonds. The predicted molar refractivity (Wildman–Crippen MR) is 81.2 cm³/mol. The van der Waals surface area contributed by atoms with Gasteiger partial charge in [-0.2, -0.15) is 0 Å². The maximum atomic E-state index is 13.4. The van der Waals surface area contributed by atoms with Crippen LogP contribution in [0.3, 0.4) is 0 Å². The average molecular weight is 335 g/mol. The molecule has 1 aromatic carbocycles. The monoisotopic (exact) mass is 335 g/mol. The number of hydrogen-bond acceptors (Lipinski definition) is 2. The first-order valence-corrected chi connectivity index (χ1v) is 6.96. The van der Waals surface area contributed by atoms with Gasteiger partial charge in [-0.25, -0.2) is 13.2 Å². The van der Waals surface area contributed by atoms with E-state index in [4.69, 9.17) is 12.2 Å². The standard InChI is InChI=1S/C13H17F3N4OS/c1-20(2)6-5-17-13(22)18-7-10(21)19-9-4-3-8(14)11(15)12(9)16/h3-4H,5-7H2,1-2H3,(H,19,21)(H2,17,18,22)/p+1. The second-order valence-electron chi connectivity index (χ2n) is 4.84. The van der Waals surface area contributed by atoms with Gasteiger partial charge in [-0.3, -0.25) is 4.79 Å². The molecule has 0 aromatic heterocycles. The minimum atomic E-state index is -1.63. The van der Waals surface area contributed by atoms with Gasteiger partial charge in [0.15, 0.2) is 22.6 Å². The number of quaternary nitrogens is 1. The van der Waals surface area contributed by atoms with Gasteiger partial charge in [-0.05, 0) is 24.4 Å². The third-order valence-electron chi connectivity index (χ3n) is 2.63. The summed E-state index contributed by atoms with van der Waals surface area (Å²) in [6.45, 7) is 1.25. The average Bonchev–Trinajstić information content (AvgIpc) is 2.45. The summed E-state index contributed by atoms with van der Waals surface area (Å²) in [5.74, 6) is -5.02. The Hall–Kier alpha value is -1.87. The first-order chi connectivity index (χ1) is 10.3. The zero-order chi connectivity index (χ0) is 16.7. The van der Waals surface area contributed by atoms with E-state index in [1.54, 1.807) is 0 Å². The summed E-state index contributed by atoms with van der Waals surface area (Å²) in [5.41, 5.74) is -0.430. The summed E-state index contributed by atoms with van der Waals surface area (Å²) in [6.07, 6.45) is 0. The van der Waals surface area contributed by atoms with Gasteiger partial charge in [0, 0.05) is 0 Å². The molecule has 1 rings (SSSR count). The molecule has 0 aliphatic rings. The van der Waals surface area contributed by atoms with Crippen molar-refractivity contribution in [3.63, 3.8) is 0 Å². The van der Waals surface area contributed by atoms with Gasteiger partial charge >= 0.3 is 0 Å². The van der Waals surface area contributed by atoms with Crippen LogP contribution in [-0.2, 0) is 4.79 Å². The molecule has 4 N–H and O–H groups in total. The van der Waals surface area contributed by atoms with Crippen LogP contribution in [0, 0.1) is 17.5 Å². The number of amides is 1. The number of nitrogens with one attached hydrogen (secondary N) is 4. The highest BCUT2D eigenvalue weighted by Gasteiger charge is 2.15. The molecule has 0 fully saturated rings. The van der Waals surface area contributed by atoms with Crippen molar-refractivity contribution in [3.8, 4) is 0 Å². The van der Waals surface area contributed by atoms with E-state index in [9.17, 15) is 18.0 Å². The summed E-state index contributed by atoms with van der Waals surface area (Å²) >= 11 is 4.96. The molecular weight excluding hydrogens is 317 g/mol. The van der Waals surface area contributed by atoms with Crippen LogP contribution in [0.4, 0.5) is 18.9 Å². The number of anilines is 1. The van der Waals surface area contributed by atoms with Gasteiger partial charge in [0.05, 0.1) is 39.4 Å². The van der Waals surface area contributed by atoms with Crippen LogP contribution >= 0.6 is 12.2 Å². The molecule has 0 aliphatic carbocycles. The minimum absolute atomic E-state index is 0.223. The Bertz CT molecular complexity index is 554. The number of carbonyl (C=O) groups is 1. The molecule has 1 aromatic rings. The Morgan fingerprint density at radius 2 is 1.86 bits per heavy atom. The van der Waals surface area contributed by atoms with Crippen LogP contribution in [0.1, 0.15) is 0 Å². The second-order valence-corrected chi connectivity index (χ2v) is 5.25. The normalized spacial score (nSPS) is 10.5. The smallest absolute Gasteiger partial charge is 0.243 e. The van der Waals surface area contributed by atoms with E-state index in [0.717, 1.165) is 18.7 Å². The third kappa shape index (κ3) is 5.86. The highest BCUT2D eigenvalue weighted by Crippen LogP contribution is 2.19. The lowest BCUT2D eigenvalue weighted by molar-refractivity contribution is -0.856. The predicted octanol–water partition coefficient (Wildman–Crippen LogP) is -0.349. The SMILES string of the molecule is C[NH+](C)CCNC(=S)NCC(=O)Nc1ccc(F)c(F)c1F. The van der Waals surface area contributed by atoms with E-state index in [1.165, 1.54) is 4.90 Å². The Labute approximate surface area is 131 Å². The lowest BCUT2D eigenvalue weighted by Crippen LogP contribution is -3.06. The zero-order valence-electron chi connectivity index (χ0n) is 12.2. The molecular formula is C13H18F3N4OS+. The van der Waals surface area contributed by atoms with Crippen LogP contribution in [0.25, 0.3) is 0 Å². The summed E-state index contributed by atoms with van der Waals surface area (Å²) < 4.78 is 39.1. The fraction of sp³-hybridized carbons (Fsp3) is 0.385. The van der Waals surface area contributed by atoms with Gasteiger partial charge in [0.2, 0.25) is 5.91 Å². The maximum Gasteiger partial charge on any atom is 0.243 e. The van der Waals surface area contributed by atoms with E-state index >= 15 is 0 Å². The highest BCUT2D eigenvalue weighted by atomic mass is 32.1. The van der Waals surface area contributed by atoms with Crippen molar-refractivity contribution >= 4 is 28.9 Å². The molecule has 0 radical (unpaired) electrons. The first kappa shape index (κ1) is 18.2. The number of benzene rings is 1. The van der Waals surface area contributed by atoms with Crippen molar-refractivity contribution in [3.05, 3.63) is 29.6 Å². The van der Waals surface area contributed by atoms with Gasteiger partial charge in [0.25, 0.3) is 0 Å². The van der Waals surface area contributed by atoms with Gasteiger partial charge < -0.3 is 20.9 Å². The number of carbonyl (C=O) groups excluding carboxylic acids is 1. The summed E-state index contributed by atoms with van der Waals surface area (Å²) in [5, 5.41) is 7.94. The second kappa shape index (κ2) is 8.54. The summed E-state index contributed by atoms with van der Waals surface area (Å²) in [6, 6.07) is 1.68. The largest absolute Gasteiger partial charge is 0.357 e. The zero-order valence-corrected chi connectivity index (χ0v) is 13.0. The van der Waals surface area contributed by atoms with Gasteiger partial charge in [0.1, 0.15) is 0 Å². The summed E-state index contributed by atoms with van der Waals surface area (Å²) in [7, 11) is 3.98. The first-order valence-electron chi connectivity index (χ1n) is 6.55. The van der Waals surface area contributed by atoms with Crippen LogP contribution in [0.2, 0.25) is 0 Å². The maximum absolute atomic E-state index is 13.4. The molecule has 0 aliphatic heterocycles. The molecule has 9 heteroatoms. The lowest BCUT2D eigenvalue weighted by atomic mass is 10.2. The van der Waals surface area contributed by atoms with Crippen LogP contribution < -0.4 is 20.9 Å². The molecule has 22 heavy (non-hydrogen) atoms. The van der Waals surface area contributed by atoms with Crippen LogP contribution in [0.15, 0.2) is 12.1 Å². The topological polar surface area (TPSA) is 57.6 Å². The fourth-order valence-corrected chi connectivity index (χ4v) is 1.64. The molecule has 122 valence electrons. The van der Waals surface area contributed by atoms with E-state index in [2.05, 4.69) is 16.0 Å². The molecule has 0 unspecified atom stereocenters. The number of hydrogen-bond donors (Lipinski definition) is 4. The number of rotatable bonds is 6. The van der Waals surface area contributed by atoms with Crippen molar-refractivity contribution in [2.45, 2.75) is 0 Å². The van der Waals surface area contributed by atoms with Crippen LogP contribution in [0.5, 0.6) is 0 Å². The molecule has 5 nitrogen and oxygen atoms in total. The van der Waals surface area contributed by atoms with Crippen molar-refractivity contribution in [1.82, 2.24) is 10.6 Å². The van der Waals surface area contributed by atoms with E-state index < -0.39 is 29.0 Å². The van der Waals surface area contributed by atoms with E-state index in [0.29, 0.717) is 6.54 Å². The van der Waals surface area contributed by atoms with Crippen molar-refractivity contribution in [2.75, 3.05) is 39.0 Å². The number of likely N-dealkylation sites (N-methyl/N-ethyl adjacent to an activating group) is 1. The quantitative estimate of drug-likeness (QED) is 0.424. The molecule has 0 atom stereocenters. The van der Waals surface area contributed by atoms with E-state index in [1.807, 2.05) is 14.1 Å². The molecule has 0 saturated carbocycles. The van der Waals surface area contributed by atoms with Crippen molar-refractivity contribution in [2.24, 2.45) is 0 Å². The van der Waals surface area contributed by atoms with Crippen molar-refractivity contribution < 1.29 is 22.9 Å². The minimum Gasteiger partial charge on any atom is -0.357 e. The Morgan fingerprint density at radius 1 is 1.18 bits per heavy atom. The van der Waals surface area contributed by atoms with Crippen molar-refractivity contribution in [1.29, 1.82) is 0 Å². The van der Waals surface area contributed by atoms with Gasteiger partial charge in [-0.15, -0.1) is 0 Å². The molecule has 0 saturated heterocycles. The number of halogens is 3. The lowest BCUT2D eigenvalue weighted by Gasteiger charge is -2.12.